The van der Waals surface area contributed by atoms with Gasteiger partial charge in [0.2, 0.25) is 0 Å². The fraction of sp³-hybridized carbons (Fsp3) is 0.375. The summed E-state index contributed by atoms with van der Waals surface area (Å²) < 4.78 is 1.15. The number of halogens is 1. The van der Waals surface area contributed by atoms with E-state index in [1.165, 1.54) is 5.56 Å². The summed E-state index contributed by atoms with van der Waals surface area (Å²) in [5.74, 6) is 0. The van der Waals surface area contributed by atoms with E-state index in [2.05, 4.69) is 39.0 Å². The van der Waals surface area contributed by atoms with E-state index in [-0.39, 0.29) is 0 Å². The largest absolute Gasteiger partial charge is 0.312 e. The van der Waals surface area contributed by atoms with E-state index in [0.29, 0.717) is 0 Å². The van der Waals surface area contributed by atoms with Crippen LogP contribution in [0.25, 0.3) is 0 Å². The van der Waals surface area contributed by atoms with Gasteiger partial charge < -0.3 is 5.32 Å². The van der Waals surface area contributed by atoms with Gasteiger partial charge in [-0.25, -0.2) is 0 Å². The maximum atomic E-state index is 4.02. The molecule has 0 amide bonds. The quantitative estimate of drug-likeness (QED) is 0.506. The highest BCUT2D eigenvalue weighted by molar-refractivity contribution is 14.1. The zero-order chi connectivity index (χ0) is 7.94. The summed E-state index contributed by atoms with van der Waals surface area (Å²) in [4.78, 5) is 4.02. The minimum absolute atomic E-state index is 0.927. The van der Waals surface area contributed by atoms with Crippen molar-refractivity contribution in [3.8, 4) is 0 Å². The first kappa shape index (κ1) is 8.93. The predicted octanol–water partition coefficient (Wildman–Crippen LogP) is 1.61. The first-order valence-electron chi connectivity index (χ1n) is 3.59. The topological polar surface area (TPSA) is 24.9 Å². The van der Waals surface area contributed by atoms with Gasteiger partial charge in [-0.2, -0.15) is 0 Å². The van der Waals surface area contributed by atoms with Gasteiger partial charge in [-0.1, -0.05) is 28.7 Å². The van der Waals surface area contributed by atoms with Crippen LogP contribution in [0.3, 0.4) is 0 Å². The summed E-state index contributed by atoms with van der Waals surface area (Å²) in [6.45, 7) is 1.99. The van der Waals surface area contributed by atoms with Crippen LogP contribution in [-0.4, -0.2) is 16.0 Å². The van der Waals surface area contributed by atoms with Crippen LogP contribution in [0.4, 0.5) is 0 Å². The normalized spacial score (nSPS) is 9.91. The van der Waals surface area contributed by atoms with Crippen molar-refractivity contribution in [1.29, 1.82) is 0 Å². The second-order valence-electron chi connectivity index (χ2n) is 2.23. The molecule has 0 saturated heterocycles. The van der Waals surface area contributed by atoms with Gasteiger partial charge in [0, 0.05) is 29.9 Å². The lowest BCUT2D eigenvalue weighted by molar-refractivity contribution is 0.734. The molecule has 1 heterocycles. The zero-order valence-corrected chi connectivity index (χ0v) is 8.41. The van der Waals surface area contributed by atoms with Gasteiger partial charge >= 0.3 is 0 Å². The monoisotopic (exact) mass is 262 g/mol. The molecule has 0 fully saturated rings. The smallest absolute Gasteiger partial charge is 0.0312 e. The molecule has 1 N–H and O–H groups in total. The molecular weight excluding hydrogens is 251 g/mol. The molecule has 3 heteroatoms. The summed E-state index contributed by atoms with van der Waals surface area (Å²) in [6, 6.07) is 4.04. The molecule has 0 aliphatic heterocycles. The standard InChI is InChI=1S/C8H11IN2/c9-3-5-11-7-8-2-1-4-10-6-8/h1-2,4,6,11H,3,5,7H2. The molecule has 0 atom stereocenters. The maximum absolute atomic E-state index is 4.02. The second kappa shape index (κ2) is 5.49. The first-order chi connectivity index (χ1) is 5.43. The molecule has 2 nitrogen and oxygen atoms in total. The molecule has 0 saturated carbocycles. The van der Waals surface area contributed by atoms with Gasteiger partial charge in [-0.3, -0.25) is 4.98 Å². The minimum atomic E-state index is 0.927. The van der Waals surface area contributed by atoms with E-state index in [1.54, 1.807) is 6.20 Å². The van der Waals surface area contributed by atoms with Gasteiger partial charge in [0.05, 0.1) is 0 Å². The van der Waals surface area contributed by atoms with Crippen LogP contribution in [0.2, 0.25) is 0 Å². The molecule has 0 bridgehead atoms. The van der Waals surface area contributed by atoms with E-state index in [9.17, 15) is 0 Å². The number of nitrogens with zero attached hydrogens (tertiary/aromatic N) is 1. The number of pyridine rings is 1. The maximum Gasteiger partial charge on any atom is 0.0312 e. The molecule has 0 aliphatic rings. The Hall–Kier alpha value is -0.160. The third-order valence-electron chi connectivity index (χ3n) is 1.32. The molecule has 0 radical (unpaired) electrons. The fourth-order valence-electron chi connectivity index (χ4n) is 0.802. The molecule has 1 rings (SSSR count). The van der Waals surface area contributed by atoms with Crippen LogP contribution in [0, 0.1) is 0 Å². The zero-order valence-electron chi connectivity index (χ0n) is 6.26. The molecular formula is C8H11IN2. The summed E-state index contributed by atoms with van der Waals surface area (Å²) in [5, 5.41) is 3.30. The Morgan fingerprint density at radius 3 is 3.09 bits per heavy atom. The van der Waals surface area contributed by atoms with E-state index in [4.69, 9.17) is 0 Å². The molecule has 0 aromatic carbocycles. The highest BCUT2D eigenvalue weighted by atomic mass is 127. The van der Waals surface area contributed by atoms with Crippen molar-refractivity contribution in [2.24, 2.45) is 0 Å². The summed E-state index contributed by atoms with van der Waals surface area (Å²) in [5.41, 5.74) is 1.25. The van der Waals surface area contributed by atoms with Crippen molar-refractivity contribution in [2.45, 2.75) is 6.54 Å². The van der Waals surface area contributed by atoms with Crippen LogP contribution >= 0.6 is 22.6 Å². The van der Waals surface area contributed by atoms with Gasteiger partial charge in [-0.05, 0) is 11.6 Å². The lowest BCUT2D eigenvalue weighted by atomic mass is 10.3. The highest BCUT2D eigenvalue weighted by Gasteiger charge is 1.88. The molecule has 0 spiro atoms. The van der Waals surface area contributed by atoms with Crippen LogP contribution in [0.1, 0.15) is 5.56 Å². The van der Waals surface area contributed by atoms with Crippen LogP contribution in [0.5, 0.6) is 0 Å². The van der Waals surface area contributed by atoms with Gasteiger partial charge in [0.1, 0.15) is 0 Å². The van der Waals surface area contributed by atoms with Crippen LogP contribution < -0.4 is 5.32 Å². The van der Waals surface area contributed by atoms with Gasteiger partial charge in [-0.15, -0.1) is 0 Å². The SMILES string of the molecule is ICCNCc1cccnc1. The number of hydrogen-bond donors (Lipinski definition) is 1. The molecule has 11 heavy (non-hydrogen) atoms. The predicted molar refractivity (Wildman–Crippen MR) is 54.8 cm³/mol. The minimum Gasteiger partial charge on any atom is -0.312 e. The number of hydrogen-bond acceptors (Lipinski definition) is 2. The number of alkyl halides is 1. The molecule has 0 unspecified atom stereocenters. The second-order valence-corrected chi connectivity index (χ2v) is 3.31. The molecule has 0 aliphatic carbocycles. The molecule has 1 aromatic heterocycles. The van der Waals surface area contributed by atoms with E-state index in [1.807, 2.05) is 12.3 Å². The Labute approximate surface area is 80.6 Å². The average Bonchev–Trinajstić information content (AvgIpc) is 2.07. The van der Waals surface area contributed by atoms with Crippen LogP contribution in [-0.2, 0) is 6.54 Å². The molecule has 60 valence electrons. The van der Waals surface area contributed by atoms with E-state index >= 15 is 0 Å². The van der Waals surface area contributed by atoms with Crippen LogP contribution in [0.15, 0.2) is 24.5 Å². The Kier molecular flexibility index (Phi) is 4.45. The van der Waals surface area contributed by atoms with Crippen molar-refractivity contribution >= 4 is 22.6 Å². The third-order valence-corrected chi connectivity index (χ3v) is 1.86. The highest BCUT2D eigenvalue weighted by Crippen LogP contribution is 1.93. The number of nitrogens with one attached hydrogen (secondary N) is 1. The van der Waals surface area contributed by atoms with Crippen molar-refractivity contribution in [3.63, 3.8) is 0 Å². The summed E-state index contributed by atoms with van der Waals surface area (Å²) >= 11 is 2.35. The fourth-order valence-corrected chi connectivity index (χ4v) is 1.18. The first-order valence-corrected chi connectivity index (χ1v) is 5.11. The number of rotatable bonds is 4. The Balaban J connectivity index is 2.28. The number of aromatic nitrogens is 1. The molecule has 1 aromatic rings. The van der Waals surface area contributed by atoms with Crippen molar-refractivity contribution in [1.82, 2.24) is 10.3 Å². The van der Waals surface area contributed by atoms with E-state index in [0.717, 1.165) is 17.5 Å². The van der Waals surface area contributed by atoms with Crippen molar-refractivity contribution < 1.29 is 0 Å². The van der Waals surface area contributed by atoms with Gasteiger partial charge in [0.25, 0.3) is 0 Å². The van der Waals surface area contributed by atoms with Gasteiger partial charge in [0.15, 0.2) is 0 Å². The Bertz CT molecular complexity index is 189. The van der Waals surface area contributed by atoms with Crippen molar-refractivity contribution in [2.75, 3.05) is 11.0 Å². The lowest BCUT2D eigenvalue weighted by Gasteiger charge is -2.00. The Morgan fingerprint density at radius 1 is 1.55 bits per heavy atom. The van der Waals surface area contributed by atoms with Crippen molar-refractivity contribution in [3.05, 3.63) is 30.1 Å². The Morgan fingerprint density at radius 2 is 2.45 bits per heavy atom. The summed E-state index contributed by atoms with van der Waals surface area (Å²) in [6.07, 6.45) is 3.68. The van der Waals surface area contributed by atoms with E-state index < -0.39 is 0 Å². The third kappa shape index (κ3) is 3.67. The lowest BCUT2D eigenvalue weighted by Crippen LogP contribution is -2.15. The summed E-state index contributed by atoms with van der Waals surface area (Å²) in [7, 11) is 0. The average molecular weight is 262 g/mol.